The van der Waals surface area contributed by atoms with Crippen LogP contribution in [-0.2, 0) is 14.3 Å². The minimum absolute atomic E-state index is 0.192. The van der Waals surface area contributed by atoms with Gasteiger partial charge in [-0.2, -0.15) is 0 Å². The molecule has 23 heavy (non-hydrogen) atoms. The standard InChI is InChI=1S/C17H21NO5/c1-12-10-14(17(20)21)11-16(18-5-8-22-9-6-18)15(12)4-3-7-23-13(2)19/h3-4,10-11H,5-9H2,1-2H3,(H,20,21). The first-order chi connectivity index (χ1) is 11.0. The van der Waals surface area contributed by atoms with Crippen LogP contribution >= 0.6 is 0 Å². The van der Waals surface area contributed by atoms with E-state index in [0.29, 0.717) is 26.3 Å². The maximum atomic E-state index is 11.3. The van der Waals surface area contributed by atoms with Crippen molar-refractivity contribution in [1.82, 2.24) is 0 Å². The monoisotopic (exact) mass is 319 g/mol. The van der Waals surface area contributed by atoms with Gasteiger partial charge < -0.3 is 19.5 Å². The zero-order chi connectivity index (χ0) is 16.8. The fraction of sp³-hybridized carbons (Fsp3) is 0.412. The minimum Gasteiger partial charge on any atom is -0.478 e. The zero-order valence-corrected chi connectivity index (χ0v) is 13.4. The van der Waals surface area contributed by atoms with E-state index in [-0.39, 0.29) is 18.1 Å². The average molecular weight is 319 g/mol. The Bertz CT molecular complexity index is 618. The molecule has 1 fully saturated rings. The molecule has 0 spiro atoms. The van der Waals surface area contributed by atoms with Crippen molar-refractivity contribution >= 4 is 23.7 Å². The molecule has 0 unspecified atom stereocenters. The molecule has 1 aromatic carbocycles. The van der Waals surface area contributed by atoms with Crippen LogP contribution in [0.15, 0.2) is 18.2 Å². The molecule has 0 saturated carbocycles. The second-order valence-corrected chi connectivity index (χ2v) is 5.34. The molecule has 0 atom stereocenters. The molecule has 1 heterocycles. The molecule has 1 aliphatic rings. The van der Waals surface area contributed by atoms with Crippen molar-refractivity contribution in [2.75, 3.05) is 37.8 Å². The summed E-state index contributed by atoms with van der Waals surface area (Å²) in [6, 6.07) is 3.34. The summed E-state index contributed by atoms with van der Waals surface area (Å²) in [6.45, 7) is 6.10. The van der Waals surface area contributed by atoms with Crippen LogP contribution in [0.3, 0.4) is 0 Å². The second-order valence-electron chi connectivity index (χ2n) is 5.34. The lowest BCUT2D eigenvalue weighted by atomic mass is 10.0. The van der Waals surface area contributed by atoms with Gasteiger partial charge >= 0.3 is 11.9 Å². The number of anilines is 1. The van der Waals surface area contributed by atoms with E-state index in [2.05, 4.69) is 4.90 Å². The predicted molar refractivity (Wildman–Crippen MR) is 86.8 cm³/mol. The van der Waals surface area contributed by atoms with Crippen molar-refractivity contribution in [3.63, 3.8) is 0 Å². The van der Waals surface area contributed by atoms with Crippen LogP contribution in [0.5, 0.6) is 0 Å². The zero-order valence-electron chi connectivity index (χ0n) is 13.4. The van der Waals surface area contributed by atoms with Gasteiger partial charge in [-0.05, 0) is 30.7 Å². The second kappa shape index (κ2) is 7.78. The summed E-state index contributed by atoms with van der Waals surface area (Å²) in [5, 5.41) is 9.28. The number of ether oxygens (including phenoxy) is 2. The number of esters is 1. The van der Waals surface area contributed by atoms with E-state index in [1.54, 1.807) is 18.2 Å². The smallest absolute Gasteiger partial charge is 0.335 e. The van der Waals surface area contributed by atoms with Crippen molar-refractivity contribution in [3.8, 4) is 0 Å². The van der Waals surface area contributed by atoms with Crippen LogP contribution in [0.4, 0.5) is 5.69 Å². The summed E-state index contributed by atoms with van der Waals surface area (Å²) in [5.74, 6) is -1.28. The topological polar surface area (TPSA) is 76.1 Å². The number of hydrogen-bond donors (Lipinski definition) is 1. The Morgan fingerprint density at radius 2 is 2.04 bits per heavy atom. The van der Waals surface area contributed by atoms with E-state index < -0.39 is 5.97 Å². The number of carboxylic acid groups (broad SMARTS) is 1. The summed E-state index contributed by atoms with van der Waals surface area (Å²) >= 11 is 0. The first kappa shape index (κ1) is 17.0. The van der Waals surface area contributed by atoms with Gasteiger partial charge in [0.2, 0.25) is 0 Å². The molecular formula is C17H21NO5. The molecule has 6 heteroatoms. The summed E-state index contributed by atoms with van der Waals surface area (Å²) in [5.41, 5.74) is 2.93. The number of carbonyl (C=O) groups excluding carboxylic acids is 1. The molecule has 0 amide bonds. The lowest BCUT2D eigenvalue weighted by molar-refractivity contribution is -0.139. The van der Waals surface area contributed by atoms with Gasteiger partial charge in [0.1, 0.15) is 6.61 Å². The largest absolute Gasteiger partial charge is 0.478 e. The number of morpholine rings is 1. The maximum absolute atomic E-state index is 11.3. The lowest BCUT2D eigenvalue weighted by Gasteiger charge is -2.31. The number of nitrogens with zero attached hydrogens (tertiary/aromatic N) is 1. The van der Waals surface area contributed by atoms with E-state index in [9.17, 15) is 14.7 Å². The van der Waals surface area contributed by atoms with Crippen molar-refractivity contribution in [1.29, 1.82) is 0 Å². The number of carboxylic acids is 1. The molecule has 0 radical (unpaired) electrons. The first-order valence-corrected chi connectivity index (χ1v) is 7.49. The number of hydrogen-bond acceptors (Lipinski definition) is 5. The van der Waals surface area contributed by atoms with Crippen molar-refractivity contribution in [2.24, 2.45) is 0 Å². The van der Waals surface area contributed by atoms with Crippen LogP contribution in [-0.4, -0.2) is 50.0 Å². The van der Waals surface area contributed by atoms with Gasteiger partial charge in [-0.3, -0.25) is 4.79 Å². The molecule has 1 N–H and O–H groups in total. The van der Waals surface area contributed by atoms with Crippen molar-refractivity contribution in [3.05, 3.63) is 34.9 Å². The number of aryl methyl sites for hydroxylation is 1. The highest BCUT2D eigenvalue weighted by atomic mass is 16.5. The van der Waals surface area contributed by atoms with E-state index in [0.717, 1.165) is 16.8 Å². The molecular weight excluding hydrogens is 298 g/mol. The summed E-state index contributed by atoms with van der Waals surface area (Å²) < 4.78 is 10.3. The maximum Gasteiger partial charge on any atom is 0.335 e. The highest BCUT2D eigenvalue weighted by molar-refractivity contribution is 5.91. The van der Waals surface area contributed by atoms with Crippen LogP contribution in [0.1, 0.15) is 28.4 Å². The van der Waals surface area contributed by atoms with Crippen LogP contribution in [0.25, 0.3) is 6.08 Å². The Morgan fingerprint density at radius 1 is 1.35 bits per heavy atom. The molecule has 1 aromatic rings. The molecule has 0 aliphatic carbocycles. The third-order valence-corrected chi connectivity index (χ3v) is 3.63. The molecule has 124 valence electrons. The Balaban J connectivity index is 2.33. The average Bonchev–Trinajstić information content (AvgIpc) is 2.52. The van der Waals surface area contributed by atoms with Crippen molar-refractivity contribution < 1.29 is 24.2 Å². The highest BCUT2D eigenvalue weighted by Crippen LogP contribution is 2.28. The first-order valence-electron chi connectivity index (χ1n) is 7.49. The Hall–Kier alpha value is -2.34. The number of benzene rings is 1. The van der Waals surface area contributed by atoms with E-state index >= 15 is 0 Å². The van der Waals surface area contributed by atoms with Gasteiger partial charge in [-0.15, -0.1) is 0 Å². The van der Waals surface area contributed by atoms with Gasteiger partial charge in [0.25, 0.3) is 0 Å². The van der Waals surface area contributed by atoms with E-state index in [1.165, 1.54) is 6.92 Å². The number of rotatable bonds is 5. The number of carbonyl (C=O) groups is 2. The Labute approximate surface area is 135 Å². The third-order valence-electron chi connectivity index (χ3n) is 3.63. The third kappa shape index (κ3) is 4.56. The molecule has 0 bridgehead atoms. The van der Waals surface area contributed by atoms with Crippen molar-refractivity contribution in [2.45, 2.75) is 13.8 Å². The summed E-state index contributed by atoms with van der Waals surface area (Å²) in [7, 11) is 0. The van der Waals surface area contributed by atoms with Gasteiger partial charge in [0.15, 0.2) is 0 Å². The molecule has 1 aliphatic heterocycles. The Kier molecular flexibility index (Phi) is 5.76. The van der Waals surface area contributed by atoms with E-state index in [1.807, 2.05) is 13.0 Å². The fourth-order valence-electron chi connectivity index (χ4n) is 2.52. The molecule has 2 rings (SSSR count). The van der Waals surface area contributed by atoms with Gasteiger partial charge in [0.05, 0.1) is 18.8 Å². The van der Waals surface area contributed by atoms with E-state index in [4.69, 9.17) is 9.47 Å². The van der Waals surface area contributed by atoms with Gasteiger partial charge in [-0.1, -0.05) is 6.08 Å². The summed E-state index contributed by atoms with van der Waals surface area (Å²) in [6.07, 6.45) is 3.63. The SMILES string of the molecule is CC(=O)OCC=Cc1c(C)cc(C(=O)O)cc1N1CCOCC1. The van der Waals surface area contributed by atoms with Gasteiger partial charge in [-0.25, -0.2) is 4.79 Å². The summed E-state index contributed by atoms with van der Waals surface area (Å²) in [4.78, 5) is 24.2. The molecule has 1 saturated heterocycles. The van der Waals surface area contributed by atoms with Crippen LogP contribution < -0.4 is 4.90 Å². The Morgan fingerprint density at radius 3 is 2.65 bits per heavy atom. The van der Waals surface area contributed by atoms with Crippen LogP contribution in [0, 0.1) is 6.92 Å². The minimum atomic E-state index is -0.946. The number of aromatic carboxylic acids is 1. The molecule has 6 nitrogen and oxygen atoms in total. The molecule has 0 aromatic heterocycles. The van der Waals surface area contributed by atoms with Gasteiger partial charge in [0, 0.05) is 31.3 Å². The normalized spacial score (nSPS) is 15.0. The predicted octanol–water partition coefficient (Wildman–Crippen LogP) is 2.11. The highest BCUT2D eigenvalue weighted by Gasteiger charge is 2.18. The fourth-order valence-corrected chi connectivity index (χ4v) is 2.52. The lowest BCUT2D eigenvalue weighted by Crippen LogP contribution is -2.36. The quantitative estimate of drug-likeness (QED) is 0.838. The van der Waals surface area contributed by atoms with Crippen LogP contribution in [0.2, 0.25) is 0 Å².